The number of carboxylic acids is 1. The smallest absolute Gasteiger partial charge is 0.339 e. The highest BCUT2D eigenvalue weighted by molar-refractivity contribution is 5.95. The molecule has 0 atom stereocenters. The second kappa shape index (κ2) is 6.04. The summed E-state index contributed by atoms with van der Waals surface area (Å²) in [6, 6.07) is 2.24. The number of rotatable bonds is 3. The molecule has 0 amide bonds. The summed E-state index contributed by atoms with van der Waals surface area (Å²) in [6.45, 7) is 3.66. The molecule has 2 rings (SSSR count). The number of hydrogen-bond acceptors (Lipinski definition) is 3. The molecule has 0 aromatic carbocycles. The second-order valence-electron chi connectivity index (χ2n) is 5.41. The predicted molar refractivity (Wildman–Crippen MR) is 75.8 cm³/mol. The maximum atomic E-state index is 11.4. The van der Waals surface area contributed by atoms with Gasteiger partial charge < -0.3 is 10.4 Å². The standard InChI is InChI=1S/C15H22N2O2/c1-10-9-13(14(15(18)19)11(2)16-10)17-12-7-5-3-4-6-8-12/h9,12H,3-8H2,1-2H3,(H,16,17)(H,18,19). The number of pyridine rings is 1. The van der Waals surface area contributed by atoms with Crippen LogP contribution in [0.2, 0.25) is 0 Å². The molecule has 4 heteroatoms. The van der Waals surface area contributed by atoms with E-state index in [2.05, 4.69) is 10.3 Å². The van der Waals surface area contributed by atoms with Crippen molar-refractivity contribution in [2.75, 3.05) is 5.32 Å². The van der Waals surface area contributed by atoms with Gasteiger partial charge in [-0.25, -0.2) is 4.79 Å². The maximum absolute atomic E-state index is 11.4. The minimum Gasteiger partial charge on any atom is -0.478 e. The number of carbonyl (C=O) groups is 1. The molecule has 1 heterocycles. The van der Waals surface area contributed by atoms with E-state index in [1.807, 2.05) is 13.0 Å². The van der Waals surface area contributed by atoms with Gasteiger partial charge in [-0.2, -0.15) is 0 Å². The van der Waals surface area contributed by atoms with E-state index in [1.54, 1.807) is 6.92 Å². The highest BCUT2D eigenvalue weighted by Crippen LogP contribution is 2.25. The van der Waals surface area contributed by atoms with Gasteiger partial charge in [0.15, 0.2) is 0 Å². The van der Waals surface area contributed by atoms with E-state index >= 15 is 0 Å². The maximum Gasteiger partial charge on any atom is 0.339 e. The summed E-state index contributed by atoms with van der Waals surface area (Å²) in [5.41, 5.74) is 2.49. The Labute approximate surface area is 114 Å². The molecule has 0 bridgehead atoms. The molecule has 0 saturated heterocycles. The summed E-state index contributed by atoms with van der Waals surface area (Å²) in [5.74, 6) is -0.902. The number of anilines is 1. The lowest BCUT2D eigenvalue weighted by Gasteiger charge is -2.20. The van der Waals surface area contributed by atoms with Crippen molar-refractivity contribution < 1.29 is 9.90 Å². The summed E-state index contributed by atoms with van der Waals surface area (Å²) in [5, 5.41) is 12.8. The van der Waals surface area contributed by atoms with Crippen LogP contribution in [-0.2, 0) is 0 Å². The van der Waals surface area contributed by atoms with Crippen molar-refractivity contribution in [3.8, 4) is 0 Å². The Morgan fingerprint density at radius 1 is 1.26 bits per heavy atom. The fourth-order valence-corrected chi connectivity index (χ4v) is 2.86. The van der Waals surface area contributed by atoms with Crippen LogP contribution in [0.5, 0.6) is 0 Å². The number of carboxylic acid groups (broad SMARTS) is 1. The molecule has 1 fully saturated rings. The zero-order chi connectivity index (χ0) is 13.8. The number of hydrogen-bond donors (Lipinski definition) is 2. The normalized spacial score (nSPS) is 16.9. The van der Waals surface area contributed by atoms with Gasteiger partial charge in [0, 0.05) is 11.7 Å². The molecule has 1 aromatic heterocycles. The van der Waals surface area contributed by atoms with Crippen LogP contribution in [0, 0.1) is 13.8 Å². The van der Waals surface area contributed by atoms with E-state index in [4.69, 9.17) is 0 Å². The third-order valence-corrected chi connectivity index (χ3v) is 3.76. The Kier molecular flexibility index (Phi) is 4.40. The van der Waals surface area contributed by atoms with E-state index in [1.165, 1.54) is 25.7 Å². The van der Waals surface area contributed by atoms with E-state index in [0.717, 1.165) is 24.2 Å². The second-order valence-corrected chi connectivity index (χ2v) is 5.41. The first-order chi connectivity index (χ1) is 9.08. The fourth-order valence-electron chi connectivity index (χ4n) is 2.86. The molecule has 0 unspecified atom stereocenters. The lowest BCUT2D eigenvalue weighted by atomic mass is 10.1. The van der Waals surface area contributed by atoms with Crippen LogP contribution < -0.4 is 5.32 Å². The van der Waals surface area contributed by atoms with Crippen molar-refractivity contribution in [2.24, 2.45) is 0 Å². The van der Waals surface area contributed by atoms with Crippen molar-refractivity contribution in [3.63, 3.8) is 0 Å². The Balaban J connectivity index is 2.24. The molecule has 4 nitrogen and oxygen atoms in total. The summed E-state index contributed by atoms with van der Waals surface area (Å²) in [6.07, 6.45) is 7.28. The first-order valence-electron chi connectivity index (χ1n) is 7.06. The molecule has 19 heavy (non-hydrogen) atoms. The average Bonchev–Trinajstić information content (AvgIpc) is 2.56. The van der Waals surface area contributed by atoms with Crippen molar-refractivity contribution in [1.82, 2.24) is 4.98 Å². The number of nitrogens with zero attached hydrogens (tertiary/aromatic N) is 1. The van der Waals surface area contributed by atoms with Crippen molar-refractivity contribution in [3.05, 3.63) is 23.0 Å². The van der Waals surface area contributed by atoms with Gasteiger partial charge in [-0.1, -0.05) is 25.7 Å². The molecule has 2 N–H and O–H groups in total. The average molecular weight is 262 g/mol. The van der Waals surface area contributed by atoms with E-state index in [-0.39, 0.29) is 0 Å². The van der Waals surface area contributed by atoms with Gasteiger partial charge in [0.2, 0.25) is 0 Å². The minimum atomic E-state index is -0.902. The predicted octanol–water partition coefficient (Wildman–Crippen LogP) is 3.53. The van der Waals surface area contributed by atoms with Crippen LogP contribution in [-0.4, -0.2) is 22.1 Å². The van der Waals surface area contributed by atoms with Gasteiger partial charge in [-0.15, -0.1) is 0 Å². The number of aromatic nitrogens is 1. The quantitative estimate of drug-likeness (QED) is 0.818. The van der Waals surface area contributed by atoms with Crippen molar-refractivity contribution >= 4 is 11.7 Å². The topological polar surface area (TPSA) is 62.2 Å². The van der Waals surface area contributed by atoms with Gasteiger partial charge in [0.1, 0.15) is 5.56 Å². The molecule has 0 spiro atoms. The van der Waals surface area contributed by atoms with E-state index in [9.17, 15) is 9.90 Å². The lowest BCUT2D eigenvalue weighted by molar-refractivity contribution is 0.0696. The lowest BCUT2D eigenvalue weighted by Crippen LogP contribution is -2.21. The highest BCUT2D eigenvalue weighted by Gasteiger charge is 2.19. The van der Waals surface area contributed by atoms with Crippen molar-refractivity contribution in [2.45, 2.75) is 58.4 Å². The van der Waals surface area contributed by atoms with Crippen LogP contribution >= 0.6 is 0 Å². The molecule has 1 saturated carbocycles. The Bertz CT molecular complexity index is 463. The highest BCUT2D eigenvalue weighted by atomic mass is 16.4. The van der Waals surface area contributed by atoms with Crippen LogP contribution in [0.25, 0.3) is 0 Å². The van der Waals surface area contributed by atoms with Gasteiger partial charge in [0.05, 0.1) is 11.4 Å². The first kappa shape index (κ1) is 13.8. The van der Waals surface area contributed by atoms with Crippen LogP contribution in [0.15, 0.2) is 6.07 Å². The Morgan fingerprint density at radius 2 is 1.89 bits per heavy atom. The summed E-state index contributed by atoms with van der Waals surface area (Å²) in [4.78, 5) is 15.6. The molecule has 0 radical (unpaired) electrons. The van der Waals surface area contributed by atoms with E-state index < -0.39 is 5.97 Å². The largest absolute Gasteiger partial charge is 0.478 e. The molecule has 1 aliphatic carbocycles. The number of aryl methyl sites for hydroxylation is 2. The molecule has 0 aliphatic heterocycles. The number of aromatic carboxylic acids is 1. The molecular formula is C15H22N2O2. The monoisotopic (exact) mass is 262 g/mol. The Hall–Kier alpha value is -1.58. The SMILES string of the molecule is Cc1cc(NC2CCCCCC2)c(C(=O)O)c(C)n1. The molecular weight excluding hydrogens is 240 g/mol. The Morgan fingerprint density at radius 3 is 2.47 bits per heavy atom. The van der Waals surface area contributed by atoms with Crippen molar-refractivity contribution in [1.29, 1.82) is 0 Å². The molecule has 104 valence electrons. The van der Waals surface area contributed by atoms with Crippen LogP contribution in [0.3, 0.4) is 0 Å². The molecule has 1 aliphatic rings. The minimum absolute atomic E-state index is 0.315. The number of nitrogens with one attached hydrogen (secondary N) is 1. The van der Waals surface area contributed by atoms with Gasteiger partial charge in [0.25, 0.3) is 0 Å². The summed E-state index contributed by atoms with van der Waals surface area (Å²) >= 11 is 0. The zero-order valence-corrected chi connectivity index (χ0v) is 11.7. The first-order valence-corrected chi connectivity index (χ1v) is 7.06. The zero-order valence-electron chi connectivity index (χ0n) is 11.7. The fraction of sp³-hybridized carbons (Fsp3) is 0.600. The van der Waals surface area contributed by atoms with Crippen LogP contribution in [0.1, 0.15) is 60.3 Å². The third-order valence-electron chi connectivity index (χ3n) is 3.76. The third kappa shape index (κ3) is 3.46. The summed E-state index contributed by atoms with van der Waals surface area (Å²) < 4.78 is 0. The van der Waals surface area contributed by atoms with Crippen LogP contribution in [0.4, 0.5) is 5.69 Å². The van der Waals surface area contributed by atoms with Gasteiger partial charge >= 0.3 is 5.97 Å². The van der Waals surface area contributed by atoms with Gasteiger partial charge in [-0.05, 0) is 32.8 Å². The van der Waals surface area contributed by atoms with Gasteiger partial charge in [-0.3, -0.25) is 4.98 Å². The summed E-state index contributed by atoms with van der Waals surface area (Å²) in [7, 11) is 0. The van der Waals surface area contributed by atoms with E-state index in [0.29, 0.717) is 17.3 Å². The molecule has 1 aromatic rings.